The minimum atomic E-state index is -0.769. The van der Waals surface area contributed by atoms with Crippen LogP contribution in [-0.4, -0.2) is 6.04 Å². The van der Waals surface area contributed by atoms with Gasteiger partial charge in [0.15, 0.2) is 11.6 Å². The van der Waals surface area contributed by atoms with E-state index >= 15 is 0 Å². The average Bonchev–Trinajstić information content (AvgIpc) is 2.77. The van der Waals surface area contributed by atoms with Crippen molar-refractivity contribution < 1.29 is 8.78 Å². The highest BCUT2D eigenvalue weighted by molar-refractivity contribution is 5.32. The lowest BCUT2D eigenvalue weighted by molar-refractivity contribution is 0.501. The number of nitrogens with two attached hydrogens (primary N) is 1. The van der Waals surface area contributed by atoms with Crippen molar-refractivity contribution in [1.82, 2.24) is 0 Å². The summed E-state index contributed by atoms with van der Waals surface area (Å²) in [5, 5.41) is 0. The molecule has 0 saturated heterocycles. The zero-order chi connectivity index (χ0) is 9.59. The highest BCUT2D eigenvalue weighted by Crippen LogP contribution is 2.39. The molecule has 1 aromatic carbocycles. The van der Waals surface area contributed by atoms with Crippen molar-refractivity contribution in [3.63, 3.8) is 0 Å². The Morgan fingerprint density at radius 3 is 2.46 bits per heavy atom. The SMILES string of the molecule is Cc1cc(C2CC2N)cc(F)c1F. The van der Waals surface area contributed by atoms with Crippen molar-refractivity contribution in [2.45, 2.75) is 25.3 Å². The fraction of sp³-hybridized carbons (Fsp3) is 0.400. The summed E-state index contributed by atoms with van der Waals surface area (Å²) in [6.07, 6.45) is 0.879. The third kappa shape index (κ3) is 1.44. The maximum atomic E-state index is 12.9. The molecule has 1 aliphatic carbocycles. The Morgan fingerprint density at radius 1 is 1.38 bits per heavy atom. The van der Waals surface area contributed by atoms with Crippen LogP contribution in [-0.2, 0) is 0 Å². The van der Waals surface area contributed by atoms with Crippen LogP contribution >= 0.6 is 0 Å². The molecule has 0 aromatic heterocycles. The molecular weight excluding hydrogens is 172 g/mol. The van der Waals surface area contributed by atoms with E-state index in [0.717, 1.165) is 12.0 Å². The summed E-state index contributed by atoms with van der Waals surface area (Å²) in [4.78, 5) is 0. The van der Waals surface area contributed by atoms with Gasteiger partial charge < -0.3 is 5.73 Å². The van der Waals surface area contributed by atoms with Crippen LogP contribution in [0.15, 0.2) is 12.1 Å². The molecule has 0 spiro atoms. The van der Waals surface area contributed by atoms with Crippen LogP contribution in [0.5, 0.6) is 0 Å². The Kier molecular flexibility index (Phi) is 1.84. The molecule has 2 rings (SSSR count). The molecule has 1 aliphatic rings. The van der Waals surface area contributed by atoms with Crippen LogP contribution in [0.4, 0.5) is 8.78 Å². The van der Waals surface area contributed by atoms with E-state index in [9.17, 15) is 8.78 Å². The molecular formula is C10H11F2N. The van der Waals surface area contributed by atoms with E-state index < -0.39 is 11.6 Å². The van der Waals surface area contributed by atoms with Gasteiger partial charge in [0, 0.05) is 12.0 Å². The van der Waals surface area contributed by atoms with Crippen LogP contribution in [0.25, 0.3) is 0 Å². The smallest absolute Gasteiger partial charge is 0.161 e. The first-order valence-electron chi connectivity index (χ1n) is 4.30. The predicted octanol–water partition coefficient (Wildman–Crippen LogP) is 2.09. The molecule has 1 saturated carbocycles. The molecule has 70 valence electrons. The lowest BCUT2D eigenvalue weighted by Gasteiger charge is -2.03. The van der Waals surface area contributed by atoms with Gasteiger partial charge in [-0.2, -0.15) is 0 Å². The van der Waals surface area contributed by atoms with E-state index in [2.05, 4.69) is 0 Å². The first-order valence-corrected chi connectivity index (χ1v) is 4.30. The van der Waals surface area contributed by atoms with Crippen LogP contribution < -0.4 is 5.73 Å². The largest absolute Gasteiger partial charge is 0.327 e. The molecule has 3 heteroatoms. The third-order valence-electron chi connectivity index (χ3n) is 2.50. The fourth-order valence-corrected chi connectivity index (χ4v) is 1.57. The lowest BCUT2D eigenvalue weighted by Crippen LogP contribution is -2.02. The second kappa shape index (κ2) is 2.77. The van der Waals surface area contributed by atoms with E-state index in [1.165, 1.54) is 6.07 Å². The lowest BCUT2D eigenvalue weighted by atomic mass is 10.1. The molecule has 0 aliphatic heterocycles. The quantitative estimate of drug-likeness (QED) is 0.708. The summed E-state index contributed by atoms with van der Waals surface area (Å²) in [6.45, 7) is 1.57. The highest BCUT2D eigenvalue weighted by atomic mass is 19.2. The molecule has 0 amide bonds. The van der Waals surface area contributed by atoms with E-state index in [1.54, 1.807) is 13.0 Å². The number of hydrogen-bond acceptors (Lipinski definition) is 1. The van der Waals surface area contributed by atoms with Gasteiger partial charge in [0.1, 0.15) is 0 Å². The van der Waals surface area contributed by atoms with Crippen LogP contribution in [0.1, 0.15) is 23.5 Å². The zero-order valence-electron chi connectivity index (χ0n) is 7.35. The number of benzene rings is 1. The van der Waals surface area contributed by atoms with E-state index in [1.807, 2.05) is 0 Å². The van der Waals surface area contributed by atoms with Crippen molar-refractivity contribution in [2.24, 2.45) is 5.73 Å². The summed E-state index contributed by atoms with van der Waals surface area (Å²) < 4.78 is 25.8. The summed E-state index contributed by atoms with van der Waals surface area (Å²) in [6, 6.07) is 3.06. The predicted molar refractivity (Wildman–Crippen MR) is 46.4 cm³/mol. The van der Waals surface area contributed by atoms with Crippen molar-refractivity contribution in [3.05, 3.63) is 34.9 Å². The maximum Gasteiger partial charge on any atom is 0.161 e. The van der Waals surface area contributed by atoms with E-state index in [0.29, 0.717) is 5.56 Å². The summed E-state index contributed by atoms with van der Waals surface area (Å²) in [7, 11) is 0. The first-order chi connectivity index (χ1) is 6.09. The van der Waals surface area contributed by atoms with Crippen LogP contribution in [0.2, 0.25) is 0 Å². The van der Waals surface area contributed by atoms with Gasteiger partial charge in [0.05, 0.1) is 0 Å². The molecule has 0 heterocycles. The Hall–Kier alpha value is -0.960. The van der Waals surface area contributed by atoms with Crippen molar-refractivity contribution in [2.75, 3.05) is 0 Å². The molecule has 2 unspecified atom stereocenters. The van der Waals surface area contributed by atoms with Crippen LogP contribution in [0, 0.1) is 18.6 Å². The zero-order valence-corrected chi connectivity index (χ0v) is 7.35. The monoisotopic (exact) mass is 183 g/mol. The average molecular weight is 183 g/mol. The van der Waals surface area contributed by atoms with Gasteiger partial charge in [-0.15, -0.1) is 0 Å². The molecule has 0 bridgehead atoms. The first kappa shape index (κ1) is 8.63. The topological polar surface area (TPSA) is 26.0 Å². The molecule has 1 aromatic rings. The van der Waals surface area contributed by atoms with Crippen molar-refractivity contribution in [3.8, 4) is 0 Å². The summed E-state index contributed by atoms with van der Waals surface area (Å²) >= 11 is 0. The minimum Gasteiger partial charge on any atom is -0.327 e. The molecule has 13 heavy (non-hydrogen) atoms. The molecule has 0 radical (unpaired) electrons. The highest BCUT2D eigenvalue weighted by Gasteiger charge is 2.35. The summed E-state index contributed by atoms with van der Waals surface area (Å²) in [5.41, 5.74) is 6.80. The fourth-order valence-electron chi connectivity index (χ4n) is 1.57. The van der Waals surface area contributed by atoms with E-state index in [-0.39, 0.29) is 12.0 Å². The minimum absolute atomic E-state index is 0.129. The maximum absolute atomic E-state index is 12.9. The second-order valence-electron chi connectivity index (χ2n) is 3.64. The van der Waals surface area contributed by atoms with Crippen molar-refractivity contribution >= 4 is 0 Å². The van der Waals surface area contributed by atoms with Gasteiger partial charge in [-0.25, -0.2) is 8.78 Å². The van der Waals surface area contributed by atoms with Gasteiger partial charge in [-0.3, -0.25) is 0 Å². The Morgan fingerprint density at radius 2 is 2.00 bits per heavy atom. The second-order valence-corrected chi connectivity index (χ2v) is 3.64. The Balaban J connectivity index is 2.39. The molecule has 1 nitrogen and oxygen atoms in total. The van der Waals surface area contributed by atoms with Crippen molar-refractivity contribution in [1.29, 1.82) is 0 Å². The van der Waals surface area contributed by atoms with Gasteiger partial charge in [0.2, 0.25) is 0 Å². The standard InChI is InChI=1S/C10H11F2N/c1-5-2-6(7-4-9(7)13)3-8(11)10(5)12/h2-3,7,9H,4,13H2,1H3. The Labute approximate surface area is 75.6 Å². The number of rotatable bonds is 1. The number of halogens is 2. The van der Waals surface area contributed by atoms with Gasteiger partial charge in [-0.05, 0) is 30.5 Å². The Bertz CT molecular complexity index is 326. The van der Waals surface area contributed by atoms with Crippen LogP contribution in [0.3, 0.4) is 0 Å². The third-order valence-corrected chi connectivity index (χ3v) is 2.50. The van der Waals surface area contributed by atoms with Gasteiger partial charge >= 0.3 is 0 Å². The molecule has 1 fully saturated rings. The van der Waals surface area contributed by atoms with Gasteiger partial charge in [-0.1, -0.05) is 6.07 Å². The van der Waals surface area contributed by atoms with Gasteiger partial charge in [0.25, 0.3) is 0 Å². The number of hydrogen-bond donors (Lipinski definition) is 1. The molecule has 2 atom stereocenters. The molecule has 2 N–H and O–H groups in total. The summed E-state index contributed by atoms with van der Waals surface area (Å²) in [5.74, 6) is -1.29. The normalized spacial score (nSPS) is 26.2. The number of aryl methyl sites for hydroxylation is 1. The van der Waals surface area contributed by atoms with E-state index in [4.69, 9.17) is 5.73 Å².